The summed E-state index contributed by atoms with van der Waals surface area (Å²) in [5.74, 6) is -2.10. The second-order valence-electron chi connectivity index (χ2n) is 6.34. The van der Waals surface area contributed by atoms with Crippen LogP contribution in [-0.2, 0) is 9.59 Å². The van der Waals surface area contributed by atoms with Crippen LogP contribution in [-0.4, -0.2) is 32.5 Å². The zero-order valence-electron chi connectivity index (χ0n) is 11.9. The number of carbonyl (C=O) groups excluding carboxylic acids is 2. The summed E-state index contributed by atoms with van der Waals surface area (Å²) >= 11 is 7.27. The molecule has 1 aliphatic heterocycles. The van der Waals surface area contributed by atoms with Gasteiger partial charge in [-0.25, -0.2) is 9.69 Å². The van der Waals surface area contributed by atoms with Gasteiger partial charge in [0.1, 0.15) is 0 Å². The number of carboxylic acid groups (broad SMARTS) is 1. The number of carboxylic acids is 1. The van der Waals surface area contributed by atoms with Crippen LogP contribution >= 0.6 is 31.9 Å². The highest BCUT2D eigenvalue weighted by molar-refractivity contribution is 9.12. The van der Waals surface area contributed by atoms with E-state index in [4.69, 9.17) is 0 Å². The molecule has 3 aliphatic rings. The Kier molecular flexibility index (Phi) is 3.43. The molecule has 0 unspecified atom stereocenters. The second-order valence-corrected chi connectivity index (χ2v) is 8.45. The van der Waals surface area contributed by atoms with Gasteiger partial charge in [-0.05, 0) is 30.4 Å². The Labute approximate surface area is 149 Å². The van der Waals surface area contributed by atoms with Crippen LogP contribution in [0.25, 0.3) is 0 Å². The Morgan fingerprint density at radius 3 is 2.09 bits per heavy atom. The highest BCUT2D eigenvalue weighted by Gasteiger charge is 2.66. The minimum Gasteiger partial charge on any atom is -0.478 e. The van der Waals surface area contributed by atoms with E-state index in [1.807, 2.05) is 0 Å². The summed E-state index contributed by atoms with van der Waals surface area (Å²) in [6, 6.07) is 6.18. The monoisotopic (exact) mass is 441 g/mol. The van der Waals surface area contributed by atoms with Gasteiger partial charge in [-0.2, -0.15) is 0 Å². The minimum absolute atomic E-state index is 0.0210. The summed E-state index contributed by atoms with van der Waals surface area (Å²) in [7, 11) is 0. The molecule has 0 spiro atoms. The third-order valence-electron chi connectivity index (χ3n) is 5.36. The molecule has 1 heterocycles. The van der Waals surface area contributed by atoms with E-state index < -0.39 is 5.97 Å². The first-order chi connectivity index (χ1) is 10.9. The maximum absolute atomic E-state index is 12.9. The van der Waals surface area contributed by atoms with Crippen molar-refractivity contribution >= 4 is 55.3 Å². The number of nitrogens with zero attached hydrogens (tertiary/aromatic N) is 1. The molecular weight excluding hydrogens is 430 g/mol. The first-order valence-corrected chi connectivity index (χ1v) is 9.25. The molecule has 120 valence electrons. The van der Waals surface area contributed by atoms with E-state index in [1.54, 1.807) is 12.1 Å². The van der Waals surface area contributed by atoms with Crippen LogP contribution in [0.3, 0.4) is 0 Å². The van der Waals surface area contributed by atoms with E-state index in [0.717, 1.165) is 11.3 Å². The topological polar surface area (TPSA) is 74.7 Å². The van der Waals surface area contributed by atoms with Crippen molar-refractivity contribution in [2.24, 2.45) is 23.7 Å². The van der Waals surface area contributed by atoms with Crippen molar-refractivity contribution in [2.75, 3.05) is 4.90 Å². The molecule has 2 aliphatic carbocycles. The van der Waals surface area contributed by atoms with Gasteiger partial charge >= 0.3 is 5.97 Å². The predicted molar refractivity (Wildman–Crippen MR) is 89.9 cm³/mol. The Morgan fingerprint density at radius 2 is 1.57 bits per heavy atom. The van der Waals surface area contributed by atoms with Crippen molar-refractivity contribution in [1.29, 1.82) is 0 Å². The Morgan fingerprint density at radius 1 is 1.04 bits per heavy atom. The number of imide groups is 1. The van der Waals surface area contributed by atoms with Gasteiger partial charge in [0.25, 0.3) is 0 Å². The molecule has 0 radical (unpaired) electrons. The van der Waals surface area contributed by atoms with Crippen molar-refractivity contribution in [3.63, 3.8) is 0 Å². The van der Waals surface area contributed by atoms with Crippen LogP contribution in [0.1, 0.15) is 16.8 Å². The first-order valence-electron chi connectivity index (χ1n) is 7.41. The molecule has 23 heavy (non-hydrogen) atoms. The van der Waals surface area contributed by atoms with E-state index in [-0.39, 0.29) is 56.4 Å². The number of hydrogen-bond donors (Lipinski definition) is 1. The van der Waals surface area contributed by atoms with Crippen LogP contribution in [0.4, 0.5) is 5.69 Å². The zero-order valence-corrected chi connectivity index (χ0v) is 15.0. The largest absolute Gasteiger partial charge is 0.478 e. The molecule has 1 aromatic rings. The van der Waals surface area contributed by atoms with E-state index in [1.165, 1.54) is 12.1 Å². The lowest BCUT2D eigenvalue weighted by atomic mass is 9.81. The van der Waals surface area contributed by atoms with Gasteiger partial charge < -0.3 is 5.11 Å². The summed E-state index contributed by atoms with van der Waals surface area (Å²) in [6.07, 6.45) is 0.854. The fraction of sp³-hybridized carbons (Fsp3) is 0.438. The second kappa shape index (κ2) is 5.14. The molecule has 2 saturated carbocycles. The average Bonchev–Trinajstić information content (AvgIpc) is 3.12. The number of carbonyl (C=O) groups is 3. The number of aromatic carboxylic acids is 1. The molecule has 6 atom stereocenters. The molecular formula is C16H13Br2NO4. The summed E-state index contributed by atoms with van der Waals surface area (Å²) < 4.78 is 0. The molecule has 3 fully saturated rings. The van der Waals surface area contributed by atoms with Crippen molar-refractivity contribution in [3.8, 4) is 0 Å². The quantitative estimate of drug-likeness (QED) is 0.564. The van der Waals surface area contributed by atoms with Crippen molar-refractivity contribution in [3.05, 3.63) is 29.8 Å². The lowest BCUT2D eigenvalue weighted by Gasteiger charge is -2.28. The third-order valence-corrected chi connectivity index (χ3v) is 8.57. The van der Waals surface area contributed by atoms with Gasteiger partial charge in [-0.3, -0.25) is 9.59 Å². The number of benzene rings is 1. The van der Waals surface area contributed by atoms with E-state index in [9.17, 15) is 19.5 Å². The number of amides is 2. The van der Waals surface area contributed by atoms with Crippen molar-refractivity contribution in [2.45, 2.75) is 16.1 Å². The number of rotatable bonds is 2. The fourth-order valence-corrected chi connectivity index (χ4v) is 6.31. The first kappa shape index (κ1) is 15.3. The van der Waals surface area contributed by atoms with Crippen LogP contribution in [0.15, 0.2) is 24.3 Å². The highest BCUT2D eigenvalue weighted by Crippen LogP contribution is 2.60. The smallest absolute Gasteiger partial charge is 0.337 e. The summed E-state index contributed by atoms with van der Waals surface area (Å²) in [5.41, 5.74) is 0.161. The molecule has 5 nitrogen and oxygen atoms in total. The van der Waals surface area contributed by atoms with Crippen LogP contribution in [0.2, 0.25) is 0 Å². The molecule has 4 rings (SSSR count). The van der Waals surface area contributed by atoms with Gasteiger partial charge in [0, 0.05) is 9.65 Å². The molecule has 2 amide bonds. The maximum atomic E-state index is 12.9. The average molecular weight is 443 g/mol. The molecule has 2 bridgehead atoms. The fourth-order valence-electron chi connectivity index (χ4n) is 4.44. The summed E-state index contributed by atoms with van der Waals surface area (Å²) in [6.45, 7) is 0. The third kappa shape index (κ3) is 1.92. The summed E-state index contributed by atoms with van der Waals surface area (Å²) in [4.78, 5) is 38.6. The maximum Gasteiger partial charge on any atom is 0.337 e. The lowest BCUT2D eigenvalue weighted by molar-refractivity contribution is -0.123. The van der Waals surface area contributed by atoms with E-state index in [2.05, 4.69) is 31.9 Å². The van der Waals surface area contributed by atoms with E-state index in [0.29, 0.717) is 0 Å². The van der Waals surface area contributed by atoms with E-state index >= 15 is 0 Å². The van der Waals surface area contributed by atoms with Gasteiger partial charge in [-0.15, -0.1) is 0 Å². The van der Waals surface area contributed by atoms with Gasteiger partial charge in [0.15, 0.2) is 0 Å². The predicted octanol–water partition coefficient (Wildman–Crippen LogP) is 2.67. The minimum atomic E-state index is -1.14. The Hall–Kier alpha value is -1.21. The van der Waals surface area contributed by atoms with Gasteiger partial charge in [-0.1, -0.05) is 44.0 Å². The van der Waals surface area contributed by atoms with Crippen LogP contribution in [0, 0.1) is 23.7 Å². The standard InChI is InChI=1S/C16H13Br2NO4/c17-12-7-5-8(13(12)18)11-10(7)14(20)19(15(11)21)9-4-2-1-3-6(9)16(22)23/h1-4,7-8,10-13H,5H2,(H,22,23)/t7-,8+,10+,11-,12+,13-. The van der Waals surface area contributed by atoms with Gasteiger partial charge in [0.05, 0.1) is 23.1 Å². The molecule has 0 aromatic heterocycles. The Bertz CT molecular complexity index is 705. The van der Waals surface area contributed by atoms with Crippen molar-refractivity contribution in [1.82, 2.24) is 0 Å². The number of alkyl halides is 2. The zero-order chi connectivity index (χ0) is 16.5. The molecule has 1 aromatic carbocycles. The van der Waals surface area contributed by atoms with Crippen LogP contribution < -0.4 is 4.90 Å². The summed E-state index contributed by atoms with van der Waals surface area (Å²) in [5, 5.41) is 9.34. The molecule has 7 heteroatoms. The number of hydrogen-bond acceptors (Lipinski definition) is 3. The normalized spacial score (nSPS) is 38.3. The number of fused-ring (bicyclic) bond motifs is 5. The number of halogens is 2. The lowest BCUT2D eigenvalue weighted by Crippen LogP contribution is -2.37. The van der Waals surface area contributed by atoms with Crippen molar-refractivity contribution < 1.29 is 19.5 Å². The number of anilines is 1. The highest BCUT2D eigenvalue weighted by atomic mass is 79.9. The van der Waals surface area contributed by atoms with Gasteiger partial charge in [0.2, 0.25) is 11.8 Å². The van der Waals surface area contributed by atoms with Crippen LogP contribution in [0.5, 0.6) is 0 Å². The SMILES string of the molecule is O=C(O)c1ccccc1N1C(=O)[C@@H]2[C@@H]3C[C@@H]([C@H](Br)[C@@H]3Br)[C@@H]2C1=O. The molecule has 1 N–H and O–H groups in total. The molecule has 1 saturated heterocycles. The Balaban J connectivity index is 1.78. The number of para-hydroxylation sites is 1.